The van der Waals surface area contributed by atoms with Crippen LogP contribution in [-0.2, 0) is 6.54 Å². The Labute approximate surface area is 81.9 Å². The fraction of sp³-hybridized carbons (Fsp3) is 0.273. The van der Waals surface area contributed by atoms with Gasteiger partial charge in [0.25, 0.3) is 0 Å². The lowest BCUT2D eigenvalue weighted by molar-refractivity contribution is 0.358. The van der Waals surface area contributed by atoms with E-state index in [0.717, 1.165) is 17.7 Å². The van der Waals surface area contributed by atoms with Gasteiger partial charge in [0.05, 0.1) is 6.54 Å². The number of hydrogen-bond donors (Lipinski definition) is 0. The Kier molecular flexibility index (Phi) is 2.25. The lowest BCUT2D eigenvalue weighted by Gasteiger charge is -2.04. The minimum atomic E-state index is -0.261. The maximum absolute atomic E-state index is 12.8. The number of nitrogens with zero attached hydrogens (tertiary/aromatic N) is 1. The van der Waals surface area contributed by atoms with Crippen LogP contribution < -0.4 is 0 Å². The van der Waals surface area contributed by atoms with Gasteiger partial charge in [-0.25, -0.2) is 4.39 Å². The van der Waals surface area contributed by atoms with Crippen molar-refractivity contribution in [2.24, 2.45) is 0 Å². The van der Waals surface area contributed by atoms with Crippen LogP contribution in [0, 0.1) is 5.82 Å². The third kappa shape index (κ3) is 1.77. The summed E-state index contributed by atoms with van der Waals surface area (Å²) < 4.78 is 18.3. The molecule has 0 amide bonds. The molecule has 3 heteroatoms. The summed E-state index contributed by atoms with van der Waals surface area (Å²) in [5, 5.41) is 0.947. The maximum Gasteiger partial charge on any atom is 0.137 e. The van der Waals surface area contributed by atoms with Gasteiger partial charge in [-0.3, -0.25) is 0 Å². The number of furan rings is 1. The number of fused-ring (bicyclic) bond motifs is 1. The molecule has 2 nitrogen and oxygen atoms in total. The molecular formula is C11H12FNO. The third-order valence-corrected chi connectivity index (χ3v) is 2.01. The highest BCUT2D eigenvalue weighted by Crippen LogP contribution is 2.20. The van der Waals surface area contributed by atoms with E-state index < -0.39 is 0 Å². The van der Waals surface area contributed by atoms with Crippen molar-refractivity contribution in [2.75, 3.05) is 14.1 Å². The van der Waals surface area contributed by atoms with Crippen LogP contribution >= 0.6 is 0 Å². The summed E-state index contributed by atoms with van der Waals surface area (Å²) in [6.45, 7) is 0.732. The smallest absolute Gasteiger partial charge is 0.137 e. The molecule has 0 fully saturated rings. The van der Waals surface area contributed by atoms with E-state index in [1.807, 2.05) is 25.1 Å². The molecule has 0 atom stereocenters. The van der Waals surface area contributed by atoms with E-state index in [0.29, 0.717) is 5.58 Å². The number of benzene rings is 1. The standard InChI is InChI=1S/C11H12FNO/c1-13(2)7-10-5-8-3-4-9(12)6-11(8)14-10/h3-6H,7H2,1-2H3. The van der Waals surface area contributed by atoms with E-state index in [9.17, 15) is 4.39 Å². The Morgan fingerprint density at radius 2 is 2.07 bits per heavy atom. The zero-order valence-corrected chi connectivity index (χ0v) is 8.25. The van der Waals surface area contributed by atoms with Gasteiger partial charge in [-0.05, 0) is 32.3 Å². The van der Waals surface area contributed by atoms with Crippen molar-refractivity contribution in [2.45, 2.75) is 6.54 Å². The molecule has 0 bridgehead atoms. The molecule has 0 aliphatic rings. The van der Waals surface area contributed by atoms with Crippen LogP contribution in [0.3, 0.4) is 0 Å². The topological polar surface area (TPSA) is 16.4 Å². The summed E-state index contributed by atoms with van der Waals surface area (Å²) in [5.74, 6) is 0.596. The van der Waals surface area contributed by atoms with Crippen molar-refractivity contribution in [1.82, 2.24) is 4.90 Å². The molecule has 0 saturated carbocycles. The van der Waals surface area contributed by atoms with Gasteiger partial charge in [0.15, 0.2) is 0 Å². The van der Waals surface area contributed by atoms with Gasteiger partial charge in [0.1, 0.15) is 17.2 Å². The maximum atomic E-state index is 12.8. The monoisotopic (exact) mass is 193 g/mol. The van der Waals surface area contributed by atoms with Crippen molar-refractivity contribution in [1.29, 1.82) is 0 Å². The molecule has 1 heterocycles. The number of halogens is 1. The van der Waals surface area contributed by atoms with Crippen molar-refractivity contribution in [3.8, 4) is 0 Å². The van der Waals surface area contributed by atoms with E-state index in [4.69, 9.17) is 4.42 Å². The van der Waals surface area contributed by atoms with E-state index >= 15 is 0 Å². The molecule has 1 aromatic carbocycles. The van der Waals surface area contributed by atoms with E-state index in [-0.39, 0.29) is 5.82 Å². The third-order valence-electron chi connectivity index (χ3n) is 2.01. The van der Waals surface area contributed by atoms with Crippen molar-refractivity contribution < 1.29 is 8.81 Å². The first-order chi connectivity index (χ1) is 6.65. The normalized spacial score (nSPS) is 11.4. The zero-order chi connectivity index (χ0) is 10.1. The molecule has 0 N–H and O–H groups in total. The predicted octanol–water partition coefficient (Wildman–Crippen LogP) is 2.63. The highest BCUT2D eigenvalue weighted by atomic mass is 19.1. The van der Waals surface area contributed by atoms with E-state index in [2.05, 4.69) is 0 Å². The Hall–Kier alpha value is -1.35. The molecule has 14 heavy (non-hydrogen) atoms. The average molecular weight is 193 g/mol. The molecule has 0 saturated heterocycles. The summed E-state index contributed by atoms with van der Waals surface area (Å²) in [6, 6.07) is 6.52. The van der Waals surface area contributed by atoms with Gasteiger partial charge in [-0.15, -0.1) is 0 Å². The molecule has 2 rings (SSSR count). The Morgan fingerprint density at radius 3 is 2.79 bits per heavy atom. The average Bonchev–Trinajstić information content (AvgIpc) is 2.44. The van der Waals surface area contributed by atoms with Gasteiger partial charge >= 0.3 is 0 Å². The highest BCUT2D eigenvalue weighted by Gasteiger charge is 2.05. The molecule has 2 aromatic rings. The molecule has 0 radical (unpaired) electrons. The summed E-state index contributed by atoms with van der Waals surface area (Å²) in [6.07, 6.45) is 0. The van der Waals surface area contributed by atoms with Gasteiger partial charge in [-0.1, -0.05) is 0 Å². The van der Waals surface area contributed by atoms with E-state index in [1.165, 1.54) is 12.1 Å². The predicted molar refractivity (Wildman–Crippen MR) is 53.6 cm³/mol. The van der Waals surface area contributed by atoms with Crippen LogP contribution in [0.25, 0.3) is 11.0 Å². The van der Waals surface area contributed by atoms with Crippen LogP contribution in [0.4, 0.5) is 4.39 Å². The lowest BCUT2D eigenvalue weighted by atomic mass is 10.2. The van der Waals surface area contributed by atoms with Gasteiger partial charge in [-0.2, -0.15) is 0 Å². The molecule has 1 aromatic heterocycles. The summed E-state index contributed by atoms with van der Waals surface area (Å²) >= 11 is 0. The molecule has 0 spiro atoms. The molecule has 0 aliphatic heterocycles. The lowest BCUT2D eigenvalue weighted by Crippen LogP contribution is -2.09. The fourth-order valence-electron chi connectivity index (χ4n) is 1.45. The fourth-order valence-corrected chi connectivity index (χ4v) is 1.45. The first kappa shape index (κ1) is 9.21. The Bertz CT molecular complexity index is 447. The van der Waals surface area contributed by atoms with Crippen LogP contribution in [0.1, 0.15) is 5.76 Å². The Balaban J connectivity index is 2.41. The molecular weight excluding hydrogens is 181 g/mol. The second-order valence-electron chi connectivity index (χ2n) is 3.63. The second kappa shape index (κ2) is 3.42. The number of hydrogen-bond acceptors (Lipinski definition) is 2. The van der Waals surface area contributed by atoms with Gasteiger partial charge in [0.2, 0.25) is 0 Å². The van der Waals surface area contributed by atoms with Gasteiger partial charge < -0.3 is 9.32 Å². The molecule has 74 valence electrons. The van der Waals surface area contributed by atoms with Crippen LogP contribution in [0.2, 0.25) is 0 Å². The summed E-state index contributed by atoms with van der Waals surface area (Å²) in [5.41, 5.74) is 0.613. The quantitative estimate of drug-likeness (QED) is 0.729. The highest BCUT2D eigenvalue weighted by molar-refractivity contribution is 5.77. The van der Waals surface area contributed by atoms with Crippen LogP contribution in [0.15, 0.2) is 28.7 Å². The van der Waals surface area contributed by atoms with Gasteiger partial charge in [0, 0.05) is 11.5 Å². The minimum absolute atomic E-state index is 0.261. The van der Waals surface area contributed by atoms with E-state index in [1.54, 1.807) is 6.07 Å². The second-order valence-corrected chi connectivity index (χ2v) is 3.63. The van der Waals surface area contributed by atoms with Crippen molar-refractivity contribution >= 4 is 11.0 Å². The minimum Gasteiger partial charge on any atom is -0.460 e. The zero-order valence-electron chi connectivity index (χ0n) is 8.25. The molecule has 0 aliphatic carbocycles. The first-order valence-electron chi connectivity index (χ1n) is 4.48. The Morgan fingerprint density at radius 1 is 1.29 bits per heavy atom. The van der Waals surface area contributed by atoms with Crippen molar-refractivity contribution in [3.63, 3.8) is 0 Å². The molecule has 0 unspecified atom stereocenters. The van der Waals surface area contributed by atoms with Crippen LogP contribution in [0.5, 0.6) is 0 Å². The number of rotatable bonds is 2. The SMILES string of the molecule is CN(C)Cc1cc2ccc(F)cc2o1. The summed E-state index contributed by atoms with van der Waals surface area (Å²) in [7, 11) is 3.93. The first-order valence-corrected chi connectivity index (χ1v) is 4.48. The largest absolute Gasteiger partial charge is 0.460 e. The summed E-state index contributed by atoms with van der Waals surface area (Å²) in [4.78, 5) is 2.01. The van der Waals surface area contributed by atoms with Crippen molar-refractivity contribution in [3.05, 3.63) is 35.8 Å². The van der Waals surface area contributed by atoms with Crippen LogP contribution in [-0.4, -0.2) is 19.0 Å².